The van der Waals surface area contributed by atoms with Gasteiger partial charge in [-0.05, 0) is 31.4 Å². The largest absolute Gasteiger partial charge is 0.326 e. The SMILES string of the molecule is CC(=O)c1ccc2c(c1)NC(=O)CCC2. The summed E-state index contributed by atoms with van der Waals surface area (Å²) in [5.74, 6) is 0.0609. The number of hydrogen-bond acceptors (Lipinski definition) is 2. The van der Waals surface area contributed by atoms with Crippen LogP contribution in [0.5, 0.6) is 0 Å². The first-order valence-electron chi connectivity index (χ1n) is 5.10. The molecule has 1 aliphatic rings. The maximum absolute atomic E-state index is 11.3. The van der Waals surface area contributed by atoms with Crippen molar-refractivity contribution in [2.75, 3.05) is 5.32 Å². The number of rotatable bonds is 1. The standard InChI is InChI=1S/C12H13NO2/c1-8(14)10-6-5-9-3-2-4-12(15)13-11(9)7-10/h5-7H,2-4H2,1H3,(H,13,15). The Balaban J connectivity index is 2.41. The Kier molecular flexibility index (Phi) is 2.54. The number of nitrogens with one attached hydrogen (secondary N) is 1. The lowest BCUT2D eigenvalue weighted by Crippen LogP contribution is -2.09. The van der Waals surface area contributed by atoms with Crippen molar-refractivity contribution in [3.8, 4) is 0 Å². The summed E-state index contributed by atoms with van der Waals surface area (Å²) in [6.45, 7) is 1.53. The number of carbonyl (C=O) groups excluding carboxylic acids is 2. The minimum Gasteiger partial charge on any atom is -0.326 e. The van der Waals surface area contributed by atoms with Gasteiger partial charge in [-0.3, -0.25) is 9.59 Å². The van der Waals surface area contributed by atoms with Crippen molar-refractivity contribution in [1.29, 1.82) is 0 Å². The van der Waals surface area contributed by atoms with Gasteiger partial charge in [0, 0.05) is 17.7 Å². The third kappa shape index (κ3) is 2.06. The van der Waals surface area contributed by atoms with Gasteiger partial charge in [-0.1, -0.05) is 12.1 Å². The maximum Gasteiger partial charge on any atom is 0.224 e. The first-order valence-corrected chi connectivity index (χ1v) is 5.10. The minimum atomic E-state index is 0.0243. The summed E-state index contributed by atoms with van der Waals surface area (Å²) in [4.78, 5) is 22.5. The molecule has 3 nitrogen and oxygen atoms in total. The van der Waals surface area contributed by atoms with Gasteiger partial charge in [0.25, 0.3) is 0 Å². The van der Waals surface area contributed by atoms with Crippen LogP contribution in [0.4, 0.5) is 5.69 Å². The van der Waals surface area contributed by atoms with Gasteiger partial charge >= 0.3 is 0 Å². The van der Waals surface area contributed by atoms with E-state index in [0.29, 0.717) is 12.0 Å². The van der Waals surface area contributed by atoms with Crippen LogP contribution in [-0.2, 0) is 11.2 Å². The average Bonchev–Trinajstić information content (AvgIpc) is 2.37. The van der Waals surface area contributed by atoms with Crippen molar-refractivity contribution in [3.05, 3.63) is 29.3 Å². The van der Waals surface area contributed by atoms with Crippen LogP contribution in [0.3, 0.4) is 0 Å². The Morgan fingerprint density at radius 2 is 2.13 bits per heavy atom. The molecule has 1 aromatic carbocycles. The number of fused-ring (bicyclic) bond motifs is 1. The zero-order valence-corrected chi connectivity index (χ0v) is 8.67. The third-order valence-corrected chi connectivity index (χ3v) is 2.64. The number of Topliss-reactive ketones (excluding diaryl/α,β-unsaturated/α-hetero) is 1. The van der Waals surface area contributed by atoms with E-state index in [9.17, 15) is 9.59 Å². The molecule has 3 heteroatoms. The topological polar surface area (TPSA) is 46.2 Å². The summed E-state index contributed by atoms with van der Waals surface area (Å²) in [7, 11) is 0. The lowest BCUT2D eigenvalue weighted by atomic mass is 10.0. The van der Waals surface area contributed by atoms with Crippen LogP contribution >= 0.6 is 0 Å². The highest BCUT2D eigenvalue weighted by atomic mass is 16.1. The summed E-state index contributed by atoms with van der Waals surface area (Å²) in [6.07, 6.45) is 2.33. The molecule has 0 fully saturated rings. The van der Waals surface area contributed by atoms with Crippen molar-refractivity contribution >= 4 is 17.4 Å². The van der Waals surface area contributed by atoms with E-state index >= 15 is 0 Å². The lowest BCUT2D eigenvalue weighted by Gasteiger charge is -2.07. The summed E-state index contributed by atoms with van der Waals surface area (Å²) in [5.41, 5.74) is 2.56. The van der Waals surface area contributed by atoms with E-state index in [1.54, 1.807) is 6.07 Å². The fraction of sp³-hybridized carbons (Fsp3) is 0.333. The number of aryl methyl sites for hydroxylation is 1. The van der Waals surface area contributed by atoms with Crippen LogP contribution in [-0.4, -0.2) is 11.7 Å². The average molecular weight is 203 g/mol. The van der Waals surface area contributed by atoms with Gasteiger partial charge in [0.15, 0.2) is 5.78 Å². The molecule has 78 valence electrons. The molecule has 0 aromatic heterocycles. The van der Waals surface area contributed by atoms with Gasteiger partial charge < -0.3 is 5.32 Å². The predicted molar refractivity (Wildman–Crippen MR) is 58.0 cm³/mol. The van der Waals surface area contributed by atoms with E-state index in [2.05, 4.69) is 5.32 Å². The molecule has 0 unspecified atom stereocenters. The maximum atomic E-state index is 11.3. The minimum absolute atomic E-state index is 0.0243. The molecule has 2 rings (SSSR count). The van der Waals surface area contributed by atoms with Gasteiger partial charge in [-0.2, -0.15) is 0 Å². The van der Waals surface area contributed by atoms with Gasteiger partial charge in [0.05, 0.1) is 0 Å². The monoisotopic (exact) mass is 203 g/mol. The van der Waals surface area contributed by atoms with E-state index in [0.717, 1.165) is 24.1 Å². The number of anilines is 1. The molecule has 1 amide bonds. The van der Waals surface area contributed by atoms with Crippen LogP contribution in [0.2, 0.25) is 0 Å². The zero-order valence-electron chi connectivity index (χ0n) is 8.67. The Bertz CT molecular complexity index is 424. The molecule has 0 atom stereocenters. The fourth-order valence-corrected chi connectivity index (χ4v) is 1.78. The molecule has 1 heterocycles. The normalized spacial score (nSPS) is 15.1. The summed E-state index contributed by atoms with van der Waals surface area (Å²) >= 11 is 0. The quantitative estimate of drug-likeness (QED) is 0.711. The molecule has 15 heavy (non-hydrogen) atoms. The molecule has 0 radical (unpaired) electrons. The van der Waals surface area contributed by atoms with Gasteiger partial charge in [0.2, 0.25) is 5.91 Å². The van der Waals surface area contributed by atoms with Crippen LogP contribution in [0, 0.1) is 0 Å². The van der Waals surface area contributed by atoms with Crippen molar-refractivity contribution < 1.29 is 9.59 Å². The van der Waals surface area contributed by atoms with Crippen LogP contribution in [0.15, 0.2) is 18.2 Å². The summed E-state index contributed by atoms with van der Waals surface area (Å²) < 4.78 is 0. The number of carbonyl (C=O) groups is 2. The van der Waals surface area contributed by atoms with Crippen LogP contribution < -0.4 is 5.32 Å². The molecule has 0 spiro atoms. The molecule has 0 aliphatic carbocycles. The number of benzene rings is 1. The highest BCUT2D eigenvalue weighted by Gasteiger charge is 2.13. The molecule has 1 aromatic rings. The van der Waals surface area contributed by atoms with E-state index in [1.807, 2.05) is 12.1 Å². The van der Waals surface area contributed by atoms with Gasteiger partial charge in [-0.25, -0.2) is 0 Å². The number of amides is 1. The number of hydrogen-bond donors (Lipinski definition) is 1. The fourth-order valence-electron chi connectivity index (χ4n) is 1.78. The Morgan fingerprint density at radius 1 is 1.33 bits per heavy atom. The molecular weight excluding hydrogens is 190 g/mol. The highest BCUT2D eigenvalue weighted by molar-refractivity contribution is 5.98. The summed E-state index contributed by atoms with van der Waals surface area (Å²) in [6, 6.07) is 5.51. The Morgan fingerprint density at radius 3 is 2.87 bits per heavy atom. The molecule has 0 saturated heterocycles. The third-order valence-electron chi connectivity index (χ3n) is 2.64. The first kappa shape index (κ1) is 9.90. The second-order valence-electron chi connectivity index (χ2n) is 3.83. The highest BCUT2D eigenvalue weighted by Crippen LogP contribution is 2.23. The van der Waals surface area contributed by atoms with Crippen molar-refractivity contribution in [2.45, 2.75) is 26.2 Å². The summed E-state index contributed by atoms with van der Waals surface area (Å²) in [5, 5.41) is 2.83. The van der Waals surface area contributed by atoms with Crippen molar-refractivity contribution in [2.24, 2.45) is 0 Å². The molecule has 0 saturated carbocycles. The Labute approximate surface area is 88.5 Å². The van der Waals surface area contributed by atoms with Crippen molar-refractivity contribution in [3.63, 3.8) is 0 Å². The van der Waals surface area contributed by atoms with Gasteiger partial charge in [-0.15, -0.1) is 0 Å². The lowest BCUT2D eigenvalue weighted by molar-refractivity contribution is -0.116. The van der Waals surface area contributed by atoms with E-state index in [4.69, 9.17) is 0 Å². The molecular formula is C12H13NO2. The smallest absolute Gasteiger partial charge is 0.224 e. The van der Waals surface area contributed by atoms with Crippen LogP contribution in [0.1, 0.15) is 35.7 Å². The van der Waals surface area contributed by atoms with Crippen molar-refractivity contribution in [1.82, 2.24) is 0 Å². The van der Waals surface area contributed by atoms with Crippen LogP contribution in [0.25, 0.3) is 0 Å². The van der Waals surface area contributed by atoms with E-state index < -0.39 is 0 Å². The Hall–Kier alpha value is -1.64. The van der Waals surface area contributed by atoms with E-state index in [1.165, 1.54) is 6.92 Å². The zero-order chi connectivity index (χ0) is 10.8. The second kappa shape index (κ2) is 3.85. The number of ketones is 1. The molecule has 1 aliphatic heterocycles. The van der Waals surface area contributed by atoms with Gasteiger partial charge in [0.1, 0.15) is 0 Å². The molecule has 1 N–H and O–H groups in total. The van der Waals surface area contributed by atoms with E-state index in [-0.39, 0.29) is 11.7 Å². The second-order valence-corrected chi connectivity index (χ2v) is 3.83. The first-order chi connectivity index (χ1) is 7.16. The predicted octanol–water partition coefficient (Wildman–Crippen LogP) is 2.16. The molecule has 0 bridgehead atoms.